The number of hydrogen-bond acceptors (Lipinski definition) is 4. The first-order valence-corrected chi connectivity index (χ1v) is 7.12. The van der Waals surface area contributed by atoms with Crippen molar-refractivity contribution in [1.29, 1.82) is 0 Å². The number of carbonyl (C=O) groups is 1. The fourth-order valence-electron chi connectivity index (χ4n) is 2.23. The molecule has 4 aromatic rings. The quantitative estimate of drug-likeness (QED) is 0.616. The lowest BCUT2D eigenvalue weighted by atomic mass is 10.2. The van der Waals surface area contributed by atoms with E-state index in [0.29, 0.717) is 5.82 Å². The molecule has 0 bridgehead atoms. The number of fused-ring (bicyclic) bond motifs is 3. The molecule has 1 N–H and O–H groups in total. The third-order valence-electron chi connectivity index (χ3n) is 3.25. The van der Waals surface area contributed by atoms with Crippen molar-refractivity contribution >= 4 is 32.5 Å². The third-order valence-corrected chi connectivity index (χ3v) is 4.24. The topological polar surface area (TPSA) is 67.5 Å². The Morgan fingerprint density at radius 2 is 1.95 bits per heavy atom. The molecule has 0 aliphatic rings. The van der Waals surface area contributed by atoms with Gasteiger partial charge >= 0.3 is 5.97 Å². The summed E-state index contributed by atoms with van der Waals surface area (Å²) in [7, 11) is 0. The van der Waals surface area contributed by atoms with Gasteiger partial charge in [0.05, 0.1) is 15.8 Å². The van der Waals surface area contributed by atoms with Gasteiger partial charge in [0.2, 0.25) is 4.96 Å². The second-order valence-electron chi connectivity index (χ2n) is 4.59. The van der Waals surface area contributed by atoms with Gasteiger partial charge in [0, 0.05) is 5.56 Å². The molecule has 0 amide bonds. The lowest BCUT2D eigenvalue weighted by molar-refractivity contribution is 0.0697. The van der Waals surface area contributed by atoms with E-state index in [2.05, 4.69) is 10.1 Å². The summed E-state index contributed by atoms with van der Waals surface area (Å²) in [5.41, 5.74) is 2.11. The van der Waals surface area contributed by atoms with E-state index in [9.17, 15) is 4.79 Å². The summed E-state index contributed by atoms with van der Waals surface area (Å²) in [6.45, 7) is 0. The minimum absolute atomic E-state index is 0.273. The van der Waals surface area contributed by atoms with Crippen LogP contribution in [0.25, 0.3) is 26.6 Å². The highest BCUT2D eigenvalue weighted by molar-refractivity contribution is 7.23. The molecule has 0 aliphatic heterocycles. The molecule has 0 unspecified atom stereocenters. The third kappa shape index (κ3) is 1.88. The van der Waals surface area contributed by atoms with E-state index in [1.165, 1.54) is 11.3 Å². The Hall–Kier alpha value is -2.73. The van der Waals surface area contributed by atoms with Crippen LogP contribution in [0.1, 0.15) is 10.4 Å². The molecule has 0 aliphatic carbocycles. The molecule has 4 rings (SSSR count). The van der Waals surface area contributed by atoms with Crippen LogP contribution >= 0.6 is 11.3 Å². The SMILES string of the molecule is O=C(O)c1ccc2c(c1)sc1nc(-c3ccccc3)nn12. The summed E-state index contributed by atoms with van der Waals surface area (Å²) in [5, 5.41) is 13.5. The van der Waals surface area contributed by atoms with Gasteiger partial charge in [-0.1, -0.05) is 41.7 Å². The molecule has 2 aromatic heterocycles. The fourth-order valence-corrected chi connectivity index (χ4v) is 3.23. The number of carboxylic acids is 1. The molecule has 2 aromatic carbocycles. The molecule has 0 fully saturated rings. The summed E-state index contributed by atoms with van der Waals surface area (Å²) in [5.74, 6) is -0.257. The Bertz CT molecular complexity index is 973. The van der Waals surface area contributed by atoms with Gasteiger partial charge in [-0.25, -0.2) is 9.31 Å². The number of aromatic carboxylic acids is 1. The first kappa shape index (κ1) is 12.0. The van der Waals surface area contributed by atoms with Gasteiger partial charge in [-0.15, -0.1) is 5.10 Å². The van der Waals surface area contributed by atoms with Crippen molar-refractivity contribution in [2.24, 2.45) is 0 Å². The minimum Gasteiger partial charge on any atom is -0.478 e. The molecule has 102 valence electrons. The lowest BCUT2D eigenvalue weighted by Gasteiger charge is -1.95. The Labute approximate surface area is 123 Å². The van der Waals surface area contributed by atoms with E-state index in [-0.39, 0.29) is 5.56 Å². The molecule has 6 heteroatoms. The average Bonchev–Trinajstić information content (AvgIpc) is 3.04. The molecular formula is C15H9N3O2S. The lowest BCUT2D eigenvalue weighted by Crippen LogP contribution is -1.95. The van der Waals surface area contributed by atoms with Crippen LogP contribution in [-0.4, -0.2) is 25.7 Å². The smallest absolute Gasteiger partial charge is 0.335 e. The van der Waals surface area contributed by atoms with Gasteiger partial charge in [-0.3, -0.25) is 0 Å². The molecule has 0 radical (unpaired) electrons. The van der Waals surface area contributed by atoms with Gasteiger partial charge in [-0.2, -0.15) is 4.98 Å². The second kappa shape index (κ2) is 4.39. The van der Waals surface area contributed by atoms with Crippen LogP contribution in [0.3, 0.4) is 0 Å². The van der Waals surface area contributed by atoms with Gasteiger partial charge in [0.15, 0.2) is 5.82 Å². The van der Waals surface area contributed by atoms with E-state index in [4.69, 9.17) is 5.11 Å². The molecular weight excluding hydrogens is 286 g/mol. The molecule has 5 nitrogen and oxygen atoms in total. The van der Waals surface area contributed by atoms with Crippen molar-refractivity contribution in [3.05, 3.63) is 54.1 Å². The predicted octanol–water partition coefficient (Wildman–Crippen LogP) is 3.31. The minimum atomic E-state index is -0.930. The molecule has 0 spiro atoms. The molecule has 0 saturated heterocycles. The van der Waals surface area contributed by atoms with Crippen LogP contribution in [0.4, 0.5) is 0 Å². The zero-order valence-corrected chi connectivity index (χ0v) is 11.5. The van der Waals surface area contributed by atoms with E-state index in [1.807, 2.05) is 30.3 Å². The van der Waals surface area contributed by atoms with E-state index < -0.39 is 5.97 Å². The first-order chi connectivity index (χ1) is 10.2. The van der Waals surface area contributed by atoms with Crippen LogP contribution in [0.2, 0.25) is 0 Å². The van der Waals surface area contributed by atoms with Crippen molar-refractivity contribution < 1.29 is 9.90 Å². The van der Waals surface area contributed by atoms with E-state index in [1.54, 1.807) is 22.7 Å². The Morgan fingerprint density at radius 1 is 1.14 bits per heavy atom. The Kier molecular flexibility index (Phi) is 2.52. The number of carboxylic acid groups (broad SMARTS) is 1. The maximum atomic E-state index is 11.0. The first-order valence-electron chi connectivity index (χ1n) is 6.30. The number of rotatable bonds is 2. The van der Waals surface area contributed by atoms with Gasteiger partial charge < -0.3 is 5.11 Å². The summed E-state index contributed by atoms with van der Waals surface area (Å²) in [4.78, 5) is 16.3. The number of thiazole rings is 1. The van der Waals surface area contributed by atoms with Crippen molar-refractivity contribution in [3.8, 4) is 11.4 Å². The van der Waals surface area contributed by atoms with Crippen LogP contribution in [0.15, 0.2) is 48.5 Å². The Balaban J connectivity index is 1.92. The maximum absolute atomic E-state index is 11.0. The number of hydrogen-bond donors (Lipinski definition) is 1. The number of aromatic nitrogens is 3. The largest absolute Gasteiger partial charge is 0.478 e. The zero-order valence-electron chi connectivity index (χ0n) is 10.7. The van der Waals surface area contributed by atoms with Crippen molar-refractivity contribution in [2.75, 3.05) is 0 Å². The Morgan fingerprint density at radius 3 is 2.71 bits per heavy atom. The van der Waals surface area contributed by atoms with Crippen LogP contribution in [0, 0.1) is 0 Å². The van der Waals surface area contributed by atoms with Gasteiger partial charge in [0.25, 0.3) is 0 Å². The highest BCUT2D eigenvalue weighted by Crippen LogP contribution is 2.28. The van der Waals surface area contributed by atoms with Gasteiger partial charge in [-0.05, 0) is 18.2 Å². The van der Waals surface area contributed by atoms with Crippen LogP contribution in [-0.2, 0) is 0 Å². The second-order valence-corrected chi connectivity index (χ2v) is 5.59. The monoisotopic (exact) mass is 295 g/mol. The van der Waals surface area contributed by atoms with Crippen molar-refractivity contribution in [2.45, 2.75) is 0 Å². The van der Waals surface area contributed by atoms with Crippen LogP contribution in [0.5, 0.6) is 0 Å². The van der Waals surface area contributed by atoms with Gasteiger partial charge in [0.1, 0.15) is 0 Å². The summed E-state index contributed by atoms with van der Waals surface area (Å²) in [6, 6.07) is 14.8. The van der Waals surface area contributed by atoms with Crippen molar-refractivity contribution in [3.63, 3.8) is 0 Å². The van der Waals surface area contributed by atoms with Crippen LogP contribution < -0.4 is 0 Å². The molecule has 0 saturated carbocycles. The standard InChI is InChI=1S/C15H9N3O2S/c19-14(20)10-6-7-11-12(8-10)21-15-16-13(17-18(11)15)9-4-2-1-3-5-9/h1-8H,(H,19,20). The highest BCUT2D eigenvalue weighted by Gasteiger charge is 2.13. The summed E-state index contributed by atoms with van der Waals surface area (Å²) in [6.07, 6.45) is 0. The number of benzene rings is 2. The summed E-state index contributed by atoms with van der Waals surface area (Å²) >= 11 is 1.43. The zero-order chi connectivity index (χ0) is 14.4. The van der Waals surface area contributed by atoms with Crippen molar-refractivity contribution in [1.82, 2.24) is 14.6 Å². The highest BCUT2D eigenvalue weighted by atomic mass is 32.1. The van der Waals surface area contributed by atoms with E-state index in [0.717, 1.165) is 20.7 Å². The predicted molar refractivity (Wildman–Crippen MR) is 80.8 cm³/mol. The summed E-state index contributed by atoms with van der Waals surface area (Å²) < 4.78 is 2.62. The molecule has 2 heterocycles. The normalized spacial score (nSPS) is 11.2. The maximum Gasteiger partial charge on any atom is 0.335 e. The molecule has 21 heavy (non-hydrogen) atoms. The number of nitrogens with zero attached hydrogens (tertiary/aromatic N) is 3. The molecule has 0 atom stereocenters. The fraction of sp³-hybridized carbons (Fsp3) is 0. The van der Waals surface area contributed by atoms with E-state index >= 15 is 0 Å². The average molecular weight is 295 g/mol.